The number of hydrogen-bond acceptors (Lipinski definition) is 6. The minimum absolute atomic E-state index is 0.292. The Bertz CT molecular complexity index is 865. The van der Waals surface area contributed by atoms with Crippen LogP contribution in [-0.4, -0.2) is 25.4 Å². The fourth-order valence-corrected chi connectivity index (χ4v) is 2.81. The molecule has 0 aliphatic carbocycles. The number of anilines is 1. The lowest BCUT2D eigenvalue weighted by Crippen LogP contribution is -2.23. The van der Waals surface area contributed by atoms with Crippen molar-refractivity contribution in [2.45, 2.75) is 4.90 Å². The fourth-order valence-electron chi connectivity index (χ4n) is 2.15. The lowest BCUT2D eigenvalue weighted by atomic mass is 10.2. The standard InChI is InChI=1S/C16H15N3O4S/c1-21-10-6-3-4-9-13(10)24-19-16(20)17-15-14-11(22-2)7-5-8-12(14)23-18-15/h3-9H,1-2H3,(H2,17,18,19,20). The van der Waals surface area contributed by atoms with Crippen LogP contribution < -0.4 is 19.5 Å². The van der Waals surface area contributed by atoms with Gasteiger partial charge in [0.1, 0.15) is 16.9 Å². The second-order valence-electron chi connectivity index (χ2n) is 4.67. The lowest BCUT2D eigenvalue weighted by Gasteiger charge is -2.08. The number of carbonyl (C=O) groups is 1. The average molecular weight is 345 g/mol. The van der Waals surface area contributed by atoms with E-state index in [1.165, 1.54) is 0 Å². The second-order valence-corrected chi connectivity index (χ2v) is 5.52. The van der Waals surface area contributed by atoms with Gasteiger partial charge in [0.2, 0.25) is 0 Å². The van der Waals surface area contributed by atoms with E-state index in [1.807, 2.05) is 24.3 Å². The number of hydrogen-bond donors (Lipinski definition) is 2. The Kier molecular flexibility index (Phi) is 4.76. The number of para-hydroxylation sites is 1. The second kappa shape index (κ2) is 7.14. The summed E-state index contributed by atoms with van der Waals surface area (Å²) >= 11 is 1.14. The number of benzene rings is 2. The highest BCUT2D eigenvalue weighted by Gasteiger charge is 2.15. The third kappa shape index (κ3) is 3.23. The molecule has 0 aliphatic rings. The fraction of sp³-hybridized carbons (Fsp3) is 0.125. The van der Waals surface area contributed by atoms with E-state index in [-0.39, 0.29) is 0 Å². The van der Waals surface area contributed by atoms with Gasteiger partial charge in [-0.3, -0.25) is 10.0 Å². The number of rotatable bonds is 5. The Morgan fingerprint density at radius 3 is 2.62 bits per heavy atom. The number of ether oxygens (including phenoxy) is 2. The zero-order chi connectivity index (χ0) is 16.9. The van der Waals surface area contributed by atoms with Gasteiger partial charge in [-0.05, 0) is 36.2 Å². The van der Waals surface area contributed by atoms with E-state index in [2.05, 4.69) is 15.2 Å². The number of urea groups is 1. The topological polar surface area (TPSA) is 85.6 Å². The van der Waals surface area contributed by atoms with Crippen molar-refractivity contribution in [3.05, 3.63) is 42.5 Å². The molecule has 0 aliphatic heterocycles. The van der Waals surface area contributed by atoms with Gasteiger partial charge in [0.15, 0.2) is 11.4 Å². The zero-order valence-electron chi connectivity index (χ0n) is 13.0. The number of nitrogens with one attached hydrogen (secondary N) is 2. The van der Waals surface area contributed by atoms with Crippen LogP contribution in [0.5, 0.6) is 11.5 Å². The van der Waals surface area contributed by atoms with Crippen LogP contribution in [0.25, 0.3) is 11.0 Å². The predicted molar refractivity (Wildman–Crippen MR) is 91.6 cm³/mol. The molecular formula is C16H15N3O4S. The van der Waals surface area contributed by atoms with Crippen LogP contribution in [0.2, 0.25) is 0 Å². The van der Waals surface area contributed by atoms with Crippen molar-refractivity contribution in [1.82, 2.24) is 9.88 Å². The van der Waals surface area contributed by atoms with Gasteiger partial charge in [-0.2, -0.15) is 0 Å². The lowest BCUT2D eigenvalue weighted by molar-refractivity contribution is 0.257. The maximum atomic E-state index is 12.1. The molecule has 3 aromatic rings. The number of methoxy groups -OCH3 is 2. The van der Waals surface area contributed by atoms with Crippen LogP contribution in [0.3, 0.4) is 0 Å². The summed E-state index contributed by atoms with van der Waals surface area (Å²) in [4.78, 5) is 12.9. The quantitative estimate of drug-likeness (QED) is 0.686. The largest absolute Gasteiger partial charge is 0.496 e. The van der Waals surface area contributed by atoms with Gasteiger partial charge < -0.3 is 14.0 Å². The number of fused-ring (bicyclic) bond motifs is 1. The maximum Gasteiger partial charge on any atom is 0.330 e. The highest BCUT2D eigenvalue weighted by atomic mass is 32.2. The molecule has 0 saturated carbocycles. The number of aromatic nitrogens is 1. The van der Waals surface area contributed by atoms with Crippen LogP contribution in [0.4, 0.5) is 10.6 Å². The third-order valence-electron chi connectivity index (χ3n) is 3.23. The molecule has 7 nitrogen and oxygen atoms in total. The van der Waals surface area contributed by atoms with Gasteiger partial charge in [-0.15, -0.1) is 0 Å². The van der Waals surface area contributed by atoms with Gasteiger partial charge in [-0.25, -0.2) is 4.79 Å². The normalized spacial score (nSPS) is 10.4. The summed E-state index contributed by atoms with van der Waals surface area (Å²) in [5, 5.41) is 7.13. The summed E-state index contributed by atoms with van der Waals surface area (Å²) in [6, 6.07) is 12.2. The number of amides is 2. The van der Waals surface area contributed by atoms with E-state index in [9.17, 15) is 4.79 Å². The molecule has 1 heterocycles. The highest BCUT2D eigenvalue weighted by molar-refractivity contribution is 7.98. The summed E-state index contributed by atoms with van der Waals surface area (Å²) in [6.07, 6.45) is 0. The van der Waals surface area contributed by atoms with Crippen molar-refractivity contribution in [1.29, 1.82) is 0 Å². The third-order valence-corrected chi connectivity index (χ3v) is 4.08. The Balaban J connectivity index is 1.71. The molecule has 0 unspecified atom stereocenters. The first-order chi connectivity index (χ1) is 11.7. The SMILES string of the molecule is COc1ccccc1SNC(=O)Nc1noc2cccc(OC)c12. The van der Waals surface area contributed by atoms with Crippen molar-refractivity contribution < 1.29 is 18.8 Å². The van der Waals surface area contributed by atoms with Crippen LogP contribution >= 0.6 is 11.9 Å². The van der Waals surface area contributed by atoms with Gasteiger partial charge in [0.25, 0.3) is 0 Å². The van der Waals surface area contributed by atoms with Gasteiger partial charge in [0, 0.05) is 0 Å². The van der Waals surface area contributed by atoms with Gasteiger partial charge in [0.05, 0.1) is 19.1 Å². The molecule has 0 bridgehead atoms. The molecule has 24 heavy (non-hydrogen) atoms. The number of nitrogens with zero attached hydrogens (tertiary/aromatic N) is 1. The molecule has 0 radical (unpaired) electrons. The smallest absolute Gasteiger partial charge is 0.330 e. The van der Waals surface area contributed by atoms with Crippen molar-refractivity contribution in [3.8, 4) is 11.5 Å². The molecule has 0 saturated heterocycles. The molecule has 0 atom stereocenters. The molecule has 8 heteroatoms. The molecule has 0 fully saturated rings. The van der Waals surface area contributed by atoms with Crippen molar-refractivity contribution >= 4 is 34.8 Å². The molecule has 124 valence electrons. The average Bonchev–Trinajstić information content (AvgIpc) is 3.03. The first-order valence-electron chi connectivity index (χ1n) is 7.02. The van der Waals surface area contributed by atoms with E-state index in [4.69, 9.17) is 14.0 Å². The van der Waals surface area contributed by atoms with Crippen LogP contribution in [0.15, 0.2) is 51.9 Å². The van der Waals surface area contributed by atoms with Crippen molar-refractivity contribution in [3.63, 3.8) is 0 Å². The molecule has 2 amide bonds. The molecule has 2 aromatic carbocycles. The van der Waals surface area contributed by atoms with Crippen LogP contribution in [-0.2, 0) is 0 Å². The minimum Gasteiger partial charge on any atom is -0.496 e. The molecule has 0 spiro atoms. The molecular weight excluding hydrogens is 330 g/mol. The summed E-state index contributed by atoms with van der Waals surface area (Å²) in [7, 11) is 3.12. The van der Waals surface area contributed by atoms with E-state index in [0.717, 1.165) is 16.8 Å². The molecule has 2 N–H and O–H groups in total. The summed E-state index contributed by atoms with van der Waals surface area (Å²) in [6.45, 7) is 0. The Hall–Kier alpha value is -2.87. The Morgan fingerprint density at radius 2 is 1.83 bits per heavy atom. The van der Waals surface area contributed by atoms with Crippen molar-refractivity contribution in [2.24, 2.45) is 0 Å². The predicted octanol–water partition coefficient (Wildman–Crippen LogP) is 3.67. The highest BCUT2D eigenvalue weighted by Crippen LogP contribution is 2.32. The van der Waals surface area contributed by atoms with Gasteiger partial charge >= 0.3 is 6.03 Å². The van der Waals surface area contributed by atoms with Crippen LogP contribution in [0, 0.1) is 0 Å². The van der Waals surface area contributed by atoms with E-state index in [0.29, 0.717) is 28.3 Å². The summed E-state index contributed by atoms with van der Waals surface area (Å²) < 4.78 is 18.4. The Morgan fingerprint density at radius 1 is 1.08 bits per heavy atom. The maximum absolute atomic E-state index is 12.1. The summed E-state index contributed by atoms with van der Waals surface area (Å²) in [5.41, 5.74) is 0.530. The minimum atomic E-state index is -0.438. The van der Waals surface area contributed by atoms with E-state index < -0.39 is 6.03 Å². The molecule has 1 aromatic heterocycles. The van der Waals surface area contributed by atoms with Gasteiger partial charge in [-0.1, -0.05) is 23.4 Å². The van der Waals surface area contributed by atoms with Crippen LogP contribution in [0.1, 0.15) is 0 Å². The monoisotopic (exact) mass is 345 g/mol. The first kappa shape index (κ1) is 16.0. The Labute approximate surface area is 142 Å². The van der Waals surface area contributed by atoms with E-state index >= 15 is 0 Å². The number of carbonyl (C=O) groups excluding carboxylic acids is 1. The van der Waals surface area contributed by atoms with Crippen molar-refractivity contribution in [2.75, 3.05) is 19.5 Å². The zero-order valence-corrected chi connectivity index (χ0v) is 13.8. The first-order valence-corrected chi connectivity index (χ1v) is 7.84. The van der Waals surface area contributed by atoms with E-state index in [1.54, 1.807) is 32.4 Å². The molecule has 3 rings (SSSR count). The summed E-state index contributed by atoms with van der Waals surface area (Å²) in [5.74, 6) is 1.54.